The highest BCUT2D eigenvalue weighted by atomic mass is 19.4. The molecule has 0 bridgehead atoms. The number of rotatable bonds is 3. The number of alkyl halides is 3. The largest absolute Gasteiger partial charge is 0.393 e. The lowest BCUT2D eigenvalue weighted by atomic mass is 9.83. The molecule has 1 aromatic rings. The van der Waals surface area contributed by atoms with Crippen molar-refractivity contribution in [1.82, 2.24) is 10.2 Å². The van der Waals surface area contributed by atoms with Crippen LogP contribution in [0.25, 0.3) is 0 Å². The van der Waals surface area contributed by atoms with E-state index in [4.69, 9.17) is 0 Å². The highest BCUT2D eigenvalue weighted by Gasteiger charge is 2.46. The minimum absolute atomic E-state index is 0.0602. The van der Waals surface area contributed by atoms with E-state index in [0.29, 0.717) is 44.3 Å². The molecule has 154 valence electrons. The Bertz CT molecular complexity index is 681. The SMILES string of the molecule is O=C(NC1CCCCC1C(F)(F)F)C1CCCN(C(=O)Nc2ccccc2)C1. The van der Waals surface area contributed by atoms with Crippen molar-refractivity contribution in [2.45, 2.75) is 50.7 Å². The van der Waals surface area contributed by atoms with E-state index < -0.39 is 24.1 Å². The van der Waals surface area contributed by atoms with E-state index in [1.165, 1.54) is 0 Å². The van der Waals surface area contributed by atoms with Gasteiger partial charge in [0.15, 0.2) is 0 Å². The van der Waals surface area contributed by atoms with Crippen molar-refractivity contribution >= 4 is 17.6 Å². The first-order valence-electron chi connectivity index (χ1n) is 9.82. The number of anilines is 1. The molecule has 1 saturated carbocycles. The van der Waals surface area contributed by atoms with Gasteiger partial charge in [0, 0.05) is 24.8 Å². The Labute approximate surface area is 162 Å². The fourth-order valence-corrected chi connectivity index (χ4v) is 4.10. The molecule has 0 aromatic heterocycles. The van der Waals surface area contributed by atoms with Crippen LogP contribution in [0.5, 0.6) is 0 Å². The zero-order valence-corrected chi connectivity index (χ0v) is 15.7. The second-order valence-corrected chi connectivity index (χ2v) is 7.63. The molecule has 3 atom stereocenters. The number of piperidine rings is 1. The molecule has 0 spiro atoms. The first-order valence-corrected chi connectivity index (χ1v) is 9.82. The summed E-state index contributed by atoms with van der Waals surface area (Å²) < 4.78 is 39.7. The van der Waals surface area contributed by atoms with E-state index in [1.807, 2.05) is 18.2 Å². The molecular weight excluding hydrogens is 371 g/mol. The highest BCUT2D eigenvalue weighted by molar-refractivity contribution is 5.90. The number of halogens is 3. The maximum absolute atomic E-state index is 13.2. The Morgan fingerprint density at radius 2 is 1.71 bits per heavy atom. The highest BCUT2D eigenvalue weighted by Crippen LogP contribution is 2.38. The molecule has 1 saturated heterocycles. The van der Waals surface area contributed by atoms with Crippen LogP contribution in [0.3, 0.4) is 0 Å². The van der Waals surface area contributed by atoms with E-state index in [9.17, 15) is 22.8 Å². The monoisotopic (exact) mass is 397 g/mol. The zero-order valence-electron chi connectivity index (χ0n) is 15.7. The molecule has 0 radical (unpaired) electrons. The lowest BCUT2D eigenvalue weighted by Gasteiger charge is -2.36. The molecule has 3 amide bonds. The van der Waals surface area contributed by atoms with Gasteiger partial charge in [-0.3, -0.25) is 4.79 Å². The molecule has 2 fully saturated rings. The lowest BCUT2D eigenvalue weighted by Crippen LogP contribution is -2.52. The fourth-order valence-electron chi connectivity index (χ4n) is 4.10. The molecule has 5 nitrogen and oxygen atoms in total. The fraction of sp³-hybridized carbons (Fsp3) is 0.600. The van der Waals surface area contributed by atoms with Gasteiger partial charge in [0.2, 0.25) is 5.91 Å². The van der Waals surface area contributed by atoms with Gasteiger partial charge in [0.05, 0.1) is 11.8 Å². The van der Waals surface area contributed by atoms with Gasteiger partial charge in [-0.2, -0.15) is 13.2 Å². The van der Waals surface area contributed by atoms with Crippen LogP contribution in [0.4, 0.5) is 23.7 Å². The molecule has 1 aliphatic heterocycles. The third kappa shape index (κ3) is 5.17. The quantitative estimate of drug-likeness (QED) is 0.804. The van der Waals surface area contributed by atoms with Gasteiger partial charge in [-0.15, -0.1) is 0 Å². The van der Waals surface area contributed by atoms with Crippen LogP contribution in [0, 0.1) is 11.8 Å². The third-order valence-electron chi connectivity index (χ3n) is 5.62. The number of nitrogens with zero attached hydrogens (tertiary/aromatic N) is 1. The lowest BCUT2D eigenvalue weighted by molar-refractivity contribution is -0.189. The Balaban J connectivity index is 1.57. The summed E-state index contributed by atoms with van der Waals surface area (Å²) in [6, 6.07) is 7.84. The first kappa shape index (κ1) is 20.5. The predicted molar refractivity (Wildman–Crippen MR) is 99.7 cm³/mol. The predicted octanol–water partition coefficient (Wildman–Crippen LogP) is 4.17. The van der Waals surface area contributed by atoms with Crippen LogP contribution < -0.4 is 10.6 Å². The number of amides is 3. The number of hydrogen-bond acceptors (Lipinski definition) is 2. The molecule has 2 N–H and O–H groups in total. The Hall–Kier alpha value is -2.25. The molecule has 1 aliphatic carbocycles. The average molecular weight is 397 g/mol. The molecule has 2 aliphatic rings. The third-order valence-corrected chi connectivity index (χ3v) is 5.62. The van der Waals surface area contributed by atoms with Crippen molar-refractivity contribution in [3.8, 4) is 0 Å². The van der Waals surface area contributed by atoms with E-state index in [-0.39, 0.29) is 24.9 Å². The summed E-state index contributed by atoms with van der Waals surface area (Å²) in [6.45, 7) is 0.741. The van der Waals surface area contributed by atoms with Crippen molar-refractivity contribution in [2.24, 2.45) is 11.8 Å². The van der Waals surface area contributed by atoms with Gasteiger partial charge in [-0.05, 0) is 37.8 Å². The summed E-state index contributed by atoms with van der Waals surface area (Å²) in [4.78, 5) is 26.6. The number of carbonyl (C=O) groups excluding carboxylic acids is 2. The van der Waals surface area contributed by atoms with E-state index in [1.54, 1.807) is 17.0 Å². The van der Waals surface area contributed by atoms with E-state index in [2.05, 4.69) is 10.6 Å². The topological polar surface area (TPSA) is 61.4 Å². The number of nitrogens with one attached hydrogen (secondary N) is 2. The first-order chi connectivity index (χ1) is 13.3. The van der Waals surface area contributed by atoms with Crippen LogP contribution in [0.15, 0.2) is 30.3 Å². The molecule has 3 rings (SSSR count). The molecular formula is C20H26F3N3O2. The van der Waals surface area contributed by atoms with Gasteiger partial charge in [0.1, 0.15) is 0 Å². The van der Waals surface area contributed by atoms with Gasteiger partial charge in [0.25, 0.3) is 0 Å². The minimum Gasteiger partial charge on any atom is -0.352 e. The molecule has 1 aromatic carbocycles. The van der Waals surface area contributed by atoms with Crippen LogP contribution >= 0.6 is 0 Å². The maximum atomic E-state index is 13.2. The second kappa shape index (κ2) is 8.84. The van der Waals surface area contributed by atoms with Crippen molar-refractivity contribution in [3.63, 3.8) is 0 Å². The number of likely N-dealkylation sites (tertiary alicyclic amines) is 1. The van der Waals surface area contributed by atoms with E-state index in [0.717, 1.165) is 0 Å². The van der Waals surface area contributed by atoms with Crippen LogP contribution in [0.1, 0.15) is 38.5 Å². The van der Waals surface area contributed by atoms with Gasteiger partial charge in [-0.1, -0.05) is 31.0 Å². The van der Waals surface area contributed by atoms with Crippen LogP contribution in [0.2, 0.25) is 0 Å². The van der Waals surface area contributed by atoms with Crippen molar-refractivity contribution in [3.05, 3.63) is 30.3 Å². The van der Waals surface area contributed by atoms with E-state index >= 15 is 0 Å². The molecule has 1 heterocycles. The normalized spacial score (nSPS) is 25.8. The molecule has 3 unspecified atom stereocenters. The number of carbonyl (C=O) groups is 2. The Kier molecular flexibility index (Phi) is 6.46. The van der Waals surface area contributed by atoms with Gasteiger partial charge < -0.3 is 15.5 Å². The number of urea groups is 1. The standard InChI is InChI=1S/C20H26F3N3O2/c21-20(22,23)16-10-4-5-11-17(16)25-18(27)14-7-6-12-26(13-14)19(28)24-15-8-2-1-3-9-15/h1-3,8-9,14,16-17H,4-7,10-13H2,(H,24,28)(H,25,27). The van der Waals surface area contributed by atoms with Gasteiger partial charge >= 0.3 is 12.2 Å². The number of benzene rings is 1. The second-order valence-electron chi connectivity index (χ2n) is 7.63. The summed E-state index contributed by atoms with van der Waals surface area (Å²) >= 11 is 0. The Morgan fingerprint density at radius 1 is 1.00 bits per heavy atom. The summed E-state index contributed by atoms with van der Waals surface area (Å²) in [7, 11) is 0. The average Bonchev–Trinajstić information content (AvgIpc) is 2.68. The van der Waals surface area contributed by atoms with Crippen LogP contribution in [-0.2, 0) is 4.79 Å². The minimum atomic E-state index is -4.30. The van der Waals surface area contributed by atoms with Crippen molar-refractivity contribution in [1.29, 1.82) is 0 Å². The van der Waals surface area contributed by atoms with Crippen LogP contribution in [-0.4, -0.2) is 42.1 Å². The smallest absolute Gasteiger partial charge is 0.352 e. The van der Waals surface area contributed by atoms with Gasteiger partial charge in [-0.25, -0.2) is 4.79 Å². The van der Waals surface area contributed by atoms with Crippen molar-refractivity contribution in [2.75, 3.05) is 18.4 Å². The molecule has 8 heteroatoms. The molecule has 28 heavy (non-hydrogen) atoms. The van der Waals surface area contributed by atoms with Crippen molar-refractivity contribution < 1.29 is 22.8 Å². The number of para-hydroxylation sites is 1. The number of hydrogen-bond donors (Lipinski definition) is 2. The summed E-state index contributed by atoms with van der Waals surface area (Å²) in [5.41, 5.74) is 0.661. The summed E-state index contributed by atoms with van der Waals surface area (Å²) in [5, 5.41) is 5.42. The summed E-state index contributed by atoms with van der Waals surface area (Å²) in [6.07, 6.45) is -1.45. The maximum Gasteiger partial charge on any atom is 0.393 e. The summed E-state index contributed by atoms with van der Waals surface area (Å²) in [5.74, 6) is -2.34. The Morgan fingerprint density at radius 3 is 2.43 bits per heavy atom. The zero-order chi connectivity index (χ0) is 20.1.